The summed E-state index contributed by atoms with van der Waals surface area (Å²) in [5.41, 5.74) is 4.76. The van der Waals surface area contributed by atoms with Gasteiger partial charge in [-0.15, -0.1) is 0 Å². The minimum Gasteiger partial charge on any atom is -0.372 e. The minimum atomic E-state index is 0.398. The van der Waals surface area contributed by atoms with Gasteiger partial charge in [-0.25, -0.2) is 4.98 Å². The Kier molecular flexibility index (Phi) is 3.45. The lowest BCUT2D eigenvalue weighted by Gasteiger charge is -2.25. The third kappa shape index (κ3) is 2.34. The molecule has 0 radical (unpaired) electrons. The molecule has 1 aliphatic rings. The molecule has 1 atom stereocenters. The van der Waals surface area contributed by atoms with Crippen LogP contribution in [-0.4, -0.2) is 32.4 Å². The van der Waals surface area contributed by atoms with Gasteiger partial charge in [0.05, 0.1) is 11.0 Å². The maximum Gasteiger partial charge on any atom is 0.212 e. The van der Waals surface area contributed by atoms with Gasteiger partial charge in [-0.1, -0.05) is 24.3 Å². The molecule has 23 heavy (non-hydrogen) atoms. The predicted molar refractivity (Wildman–Crippen MR) is 94.6 cm³/mol. The van der Waals surface area contributed by atoms with E-state index < -0.39 is 0 Å². The molecule has 0 saturated carbocycles. The minimum absolute atomic E-state index is 0.398. The Hall–Kier alpha value is -2.49. The Morgan fingerprint density at radius 1 is 1.26 bits per heavy atom. The molecule has 1 aromatic carbocycles. The number of rotatable bonds is 4. The Bertz CT molecular complexity index is 893. The zero-order chi connectivity index (χ0) is 15.8. The quantitative estimate of drug-likeness (QED) is 0.788. The van der Waals surface area contributed by atoms with Crippen molar-refractivity contribution in [3.05, 3.63) is 60.1 Å². The van der Waals surface area contributed by atoms with E-state index in [1.807, 2.05) is 6.07 Å². The van der Waals surface area contributed by atoms with Crippen LogP contribution in [0.25, 0.3) is 16.8 Å². The molecule has 2 aromatic heterocycles. The summed E-state index contributed by atoms with van der Waals surface area (Å²) in [6.07, 6.45) is 10.1. The highest BCUT2D eigenvalue weighted by Crippen LogP contribution is 2.28. The maximum absolute atomic E-state index is 4.66. The molecule has 2 heterocycles. The molecule has 1 N–H and O–H groups in total. The van der Waals surface area contributed by atoms with Gasteiger partial charge >= 0.3 is 0 Å². The molecule has 1 unspecified atom stereocenters. The van der Waals surface area contributed by atoms with Gasteiger partial charge in [0, 0.05) is 36.6 Å². The van der Waals surface area contributed by atoms with Crippen LogP contribution in [0.3, 0.4) is 0 Å². The largest absolute Gasteiger partial charge is 0.372 e. The number of imidazole rings is 2. The second-order valence-electron chi connectivity index (χ2n) is 6.01. The number of H-pyrrole nitrogens is 1. The van der Waals surface area contributed by atoms with E-state index in [2.05, 4.69) is 75.7 Å². The number of likely N-dealkylation sites (N-methyl/N-ethyl adjacent to an activating group) is 1. The molecule has 4 nitrogen and oxygen atoms in total. The number of nitrogens with zero attached hydrogens (tertiary/aromatic N) is 3. The van der Waals surface area contributed by atoms with E-state index in [1.54, 1.807) is 0 Å². The van der Waals surface area contributed by atoms with Crippen molar-refractivity contribution in [3.63, 3.8) is 0 Å². The second kappa shape index (κ2) is 5.61. The summed E-state index contributed by atoms with van der Waals surface area (Å²) in [5, 5.41) is 0. The van der Waals surface area contributed by atoms with Crippen LogP contribution in [0.4, 0.5) is 0 Å². The normalized spacial score (nSPS) is 17.8. The molecule has 0 spiro atoms. The summed E-state index contributed by atoms with van der Waals surface area (Å²) < 4.78 is 2.15. The number of hydrogen-bond donors (Lipinski definition) is 1. The highest BCUT2D eigenvalue weighted by atomic mass is 15.1. The summed E-state index contributed by atoms with van der Waals surface area (Å²) in [6, 6.07) is 8.25. The van der Waals surface area contributed by atoms with Crippen molar-refractivity contribution in [1.29, 1.82) is 0 Å². The first-order chi connectivity index (χ1) is 11.3. The number of nitrogens with one attached hydrogen (secondary N) is 1. The van der Waals surface area contributed by atoms with Gasteiger partial charge in [0.25, 0.3) is 0 Å². The first kappa shape index (κ1) is 14.1. The fraction of sp³-hybridized carbons (Fsp3) is 0.316. The summed E-state index contributed by atoms with van der Waals surface area (Å²) >= 11 is 0. The summed E-state index contributed by atoms with van der Waals surface area (Å²) in [5.74, 6) is 1.32. The molecular weight excluding hydrogens is 284 g/mol. The molecule has 0 saturated heterocycles. The lowest BCUT2D eigenvalue weighted by Crippen LogP contribution is -2.22. The van der Waals surface area contributed by atoms with E-state index in [0.29, 0.717) is 5.92 Å². The van der Waals surface area contributed by atoms with Crippen LogP contribution in [0.5, 0.6) is 0 Å². The highest BCUT2D eigenvalue weighted by Gasteiger charge is 2.17. The van der Waals surface area contributed by atoms with E-state index >= 15 is 0 Å². The Labute approximate surface area is 136 Å². The van der Waals surface area contributed by atoms with E-state index in [-0.39, 0.29) is 0 Å². The number of aromatic nitrogens is 3. The summed E-state index contributed by atoms with van der Waals surface area (Å²) in [7, 11) is 0. The molecule has 3 aromatic rings. The van der Waals surface area contributed by atoms with Gasteiger partial charge < -0.3 is 9.88 Å². The van der Waals surface area contributed by atoms with Crippen molar-refractivity contribution in [3.8, 4) is 0 Å². The van der Waals surface area contributed by atoms with Crippen LogP contribution in [-0.2, 0) is 0 Å². The van der Waals surface area contributed by atoms with E-state index in [0.717, 1.165) is 36.3 Å². The van der Waals surface area contributed by atoms with Crippen LogP contribution in [0, 0.1) is 0 Å². The number of aromatic amines is 1. The van der Waals surface area contributed by atoms with E-state index in [4.69, 9.17) is 0 Å². The average molecular weight is 306 g/mol. The lowest BCUT2D eigenvalue weighted by molar-refractivity contribution is 0.390. The van der Waals surface area contributed by atoms with Gasteiger partial charge in [0.15, 0.2) is 0 Å². The van der Waals surface area contributed by atoms with Crippen molar-refractivity contribution in [2.24, 2.45) is 0 Å². The predicted octanol–water partition coefficient (Wildman–Crippen LogP) is 4.08. The zero-order valence-corrected chi connectivity index (χ0v) is 13.7. The Morgan fingerprint density at radius 2 is 2.09 bits per heavy atom. The summed E-state index contributed by atoms with van der Waals surface area (Å²) in [6.45, 7) is 6.52. The average Bonchev–Trinajstić information content (AvgIpc) is 3.14. The molecule has 4 heteroatoms. The number of hydrogen-bond acceptors (Lipinski definition) is 2. The molecule has 0 fully saturated rings. The van der Waals surface area contributed by atoms with Crippen molar-refractivity contribution in [2.75, 3.05) is 13.1 Å². The van der Waals surface area contributed by atoms with Gasteiger partial charge in [-0.05, 0) is 38.5 Å². The van der Waals surface area contributed by atoms with Crippen LogP contribution in [0.2, 0.25) is 0 Å². The Morgan fingerprint density at radius 3 is 2.83 bits per heavy atom. The monoisotopic (exact) mass is 306 g/mol. The van der Waals surface area contributed by atoms with Crippen molar-refractivity contribution < 1.29 is 0 Å². The topological polar surface area (TPSA) is 36.3 Å². The van der Waals surface area contributed by atoms with Crippen LogP contribution in [0.15, 0.2) is 54.4 Å². The lowest BCUT2D eigenvalue weighted by atomic mass is 9.96. The third-order valence-electron chi connectivity index (χ3n) is 4.73. The fourth-order valence-corrected chi connectivity index (χ4v) is 3.42. The Balaban J connectivity index is 1.62. The highest BCUT2D eigenvalue weighted by molar-refractivity contribution is 5.79. The van der Waals surface area contributed by atoms with Crippen LogP contribution < -0.4 is 0 Å². The molecule has 1 aliphatic carbocycles. The molecule has 0 amide bonds. The summed E-state index contributed by atoms with van der Waals surface area (Å²) in [4.78, 5) is 10.5. The molecular formula is C19H22N4. The first-order valence-electron chi connectivity index (χ1n) is 8.39. The molecule has 4 rings (SSSR count). The third-order valence-corrected chi connectivity index (χ3v) is 4.73. The number of benzene rings is 1. The van der Waals surface area contributed by atoms with Gasteiger partial charge in [0.1, 0.15) is 0 Å². The second-order valence-corrected chi connectivity index (χ2v) is 6.01. The number of allylic oxidation sites excluding steroid dienone is 3. The molecule has 0 aliphatic heterocycles. The van der Waals surface area contributed by atoms with Crippen molar-refractivity contribution >= 4 is 16.8 Å². The van der Waals surface area contributed by atoms with Gasteiger partial charge in [0.2, 0.25) is 5.78 Å². The number of para-hydroxylation sites is 2. The SMILES string of the molecule is CCN(CC)C1=CCC(c2cn3c(nc4ccccc43)[nH]2)C=C1. The zero-order valence-electron chi connectivity index (χ0n) is 13.7. The van der Waals surface area contributed by atoms with Crippen molar-refractivity contribution in [2.45, 2.75) is 26.2 Å². The molecule has 118 valence electrons. The van der Waals surface area contributed by atoms with E-state index in [9.17, 15) is 0 Å². The van der Waals surface area contributed by atoms with Crippen LogP contribution in [0.1, 0.15) is 31.9 Å². The van der Waals surface area contributed by atoms with Crippen molar-refractivity contribution in [1.82, 2.24) is 19.3 Å². The van der Waals surface area contributed by atoms with Gasteiger partial charge in [-0.2, -0.15) is 0 Å². The smallest absolute Gasteiger partial charge is 0.212 e. The number of fused-ring (bicyclic) bond motifs is 3. The molecule has 0 bridgehead atoms. The van der Waals surface area contributed by atoms with Crippen LogP contribution >= 0.6 is 0 Å². The maximum atomic E-state index is 4.66. The van der Waals surface area contributed by atoms with Gasteiger partial charge in [-0.3, -0.25) is 4.40 Å². The fourth-order valence-electron chi connectivity index (χ4n) is 3.42. The van der Waals surface area contributed by atoms with E-state index in [1.165, 1.54) is 11.4 Å². The first-order valence-corrected chi connectivity index (χ1v) is 8.39. The standard InChI is InChI=1S/C19H22N4/c1-3-22(4-2)15-11-9-14(10-12-15)17-13-23-18-8-6-5-7-16(18)20-19(23)21-17/h5-9,11-14H,3-4,10H2,1-2H3,(H,20,21).